The van der Waals surface area contributed by atoms with Crippen molar-refractivity contribution in [2.24, 2.45) is 5.73 Å². The Labute approximate surface area is 123 Å². The maximum Gasteiger partial charge on any atom is 0.186 e. The molecule has 0 saturated carbocycles. The van der Waals surface area contributed by atoms with Crippen LogP contribution in [0.2, 0.25) is 0 Å². The van der Waals surface area contributed by atoms with Crippen LogP contribution in [0.25, 0.3) is 0 Å². The lowest BCUT2D eigenvalue weighted by Crippen LogP contribution is -2.21. The average molecular weight is 288 g/mol. The van der Waals surface area contributed by atoms with Crippen LogP contribution < -0.4 is 10.6 Å². The molecule has 0 amide bonds. The van der Waals surface area contributed by atoms with Crippen LogP contribution in [0.3, 0.4) is 0 Å². The van der Waals surface area contributed by atoms with Gasteiger partial charge in [-0.2, -0.15) is 0 Å². The first-order chi connectivity index (χ1) is 9.78. The molecule has 4 nitrogen and oxygen atoms in total. The van der Waals surface area contributed by atoms with Gasteiger partial charge in [-0.1, -0.05) is 11.3 Å². The molecule has 1 aliphatic carbocycles. The average Bonchev–Trinajstić information content (AvgIpc) is 2.91. The van der Waals surface area contributed by atoms with Crippen LogP contribution in [0.15, 0.2) is 24.5 Å². The van der Waals surface area contributed by atoms with E-state index in [0.29, 0.717) is 0 Å². The zero-order valence-corrected chi connectivity index (χ0v) is 12.6. The zero-order chi connectivity index (χ0) is 13.9. The van der Waals surface area contributed by atoms with E-state index >= 15 is 0 Å². The fourth-order valence-electron chi connectivity index (χ4n) is 2.60. The predicted octanol–water partition coefficient (Wildman–Crippen LogP) is 2.90. The molecule has 3 rings (SSSR count). The first kappa shape index (κ1) is 13.5. The van der Waals surface area contributed by atoms with Gasteiger partial charge in [-0.05, 0) is 43.9 Å². The first-order valence-corrected chi connectivity index (χ1v) is 7.98. The molecule has 5 heteroatoms. The molecule has 0 aliphatic heterocycles. The summed E-state index contributed by atoms with van der Waals surface area (Å²) in [5, 5.41) is 1.10. The number of thiazole rings is 1. The molecule has 1 unspecified atom stereocenters. The highest BCUT2D eigenvalue weighted by atomic mass is 32.1. The van der Waals surface area contributed by atoms with Gasteiger partial charge in [0.05, 0.1) is 5.69 Å². The molecule has 0 aromatic carbocycles. The largest absolute Gasteiger partial charge is 0.344 e. The van der Waals surface area contributed by atoms with Gasteiger partial charge in [0.15, 0.2) is 5.13 Å². The van der Waals surface area contributed by atoms with Crippen LogP contribution in [0.4, 0.5) is 5.13 Å². The van der Waals surface area contributed by atoms with Crippen molar-refractivity contribution in [3.8, 4) is 0 Å². The van der Waals surface area contributed by atoms with E-state index in [1.165, 1.54) is 16.1 Å². The fraction of sp³-hybridized carbons (Fsp3) is 0.467. The highest BCUT2D eigenvalue weighted by Gasteiger charge is 2.23. The number of hydrogen-bond donors (Lipinski definition) is 1. The Hall–Kier alpha value is -1.46. The molecule has 1 aliphatic rings. The summed E-state index contributed by atoms with van der Waals surface area (Å²) in [5.41, 5.74) is 8.68. The Bertz CT molecular complexity index is 567. The Kier molecular flexibility index (Phi) is 3.98. The van der Waals surface area contributed by atoms with Crippen LogP contribution in [0.5, 0.6) is 0 Å². The molecule has 0 radical (unpaired) electrons. The summed E-state index contributed by atoms with van der Waals surface area (Å²) in [6.45, 7) is 3.99. The molecule has 0 bridgehead atoms. The highest BCUT2D eigenvalue weighted by Crippen LogP contribution is 2.36. The lowest BCUT2D eigenvalue weighted by molar-refractivity contribution is 0.573. The van der Waals surface area contributed by atoms with Gasteiger partial charge in [-0.3, -0.25) is 4.98 Å². The number of rotatable bonds is 4. The van der Waals surface area contributed by atoms with Gasteiger partial charge in [-0.25, -0.2) is 4.98 Å². The summed E-state index contributed by atoms with van der Waals surface area (Å²) < 4.78 is 0. The van der Waals surface area contributed by atoms with Crippen LogP contribution in [0.1, 0.15) is 41.9 Å². The molecular weight excluding hydrogens is 268 g/mol. The fourth-order valence-corrected chi connectivity index (χ4v) is 3.81. The van der Waals surface area contributed by atoms with E-state index in [4.69, 9.17) is 10.7 Å². The molecule has 106 valence electrons. The van der Waals surface area contributed by atoms with Crippen molar-refractivity contribution in [1.29, 1.82) is 0 Å². The van der Waals surface area contributed by atoms with Crippen LogP contribution in [-0.4, -0.2) is 16.5 Å². The minimum Gasteiger partial charge on any atom is -0.344 e. The topological polar surface area (TPSA) is 55.0 Å². The second kappa shape index (κ2) is 5.89. The molecule has 0 spiro atoms. The van der Waals surface area contributed by atoms with Crippen molar-refractivity contribution < 1.29 is 0 Å². The predicted molar refractivity (Wildman–Crippen MR) is 82.9 cm³/mol. The lowest BCUT2D eigenvalue weighted by atomic mass is 9.99. The van der Waals surface area contributed by atoms with E-state index in [0.717, 1.165) is 37.5 Å². The third-order valence-corrected chi connectivity index (χ3v) is 5.05. The van der Waals surface area contributed by atoms with Crippen molar-refractivity contribution in [2.45, 2.75) is 38.8 Å². The van der Waals surface area contributed by atoms with Gasteiger partial charge in [0.2, 0.25) is 0 Å². The van der Waals surface area contributed by atoms with Gasteiger partial charge < -0.3 is 10.6 Å². The molecule has 2 aromatic rings. The van der Waals surface area contributed by atoms with E-state index in [-0.39, 0.29) is 6.04 Å². The van der Waals surface area contributed by atoms with Crippen molar-refractivity contribution in [3.05, 3.63) is 40.7 Å². The Morgan fingerprint density at radius 2 is 2.20 bits per heavy atom. The van der Waals surface area contributed by atoms with Crippen LogP contribution in [0, 0.1) is 0 Å². The molecule has 2 N–H and O–H groups in total. The normalized spacial score (nSPS) is 17.8. The first-order valence-electron chi connectivity index (χ1n) is 7.17. The third-order valence-electron chi connectivity index (χ3n) is 3.76. The summed E-state index contributed by atoms with van der Waals surface area (Å²) in [5.74, 6) is 0. The molecule has 2 heterocycles. The summed E-state index contributed by atoms with van der Waals surface area (Å²) in [4.78, 5) is 12.5. The lowest BCUT2D eigenvalue weighted by Gasteiger charge is -2.19. The minimum atomic E-state index is 0.185. The van der Waals surface area contributed by atoms with Gasteiger partial charge in [0, 0.05) is 36.4 Å². The number of anilines is 1. The van der Waals surface area contributed by atoms with E-state index in [1.54, 1.807) is 11.3 Å². The quantitative estimate of drug-likeness (QED) is 0.940. The van der Waals surface area contributed by atoms with E-state index < -0.39 is 0 Å². The number of aromatic nitrogens is 2. The van der Waals surface area contributed by atoms with Gasteiger partial charge >= 0.3 is 0 Å². The molecule has 1 atom stereocenters. The van der Waals surface area contributed by atoms with Gasteiger partial charge in [-0.15, -0.1) is 0 Å². The minimum absolute atomic E-state index is 0.185. The number of aryl methyl sites for hydroxylation is 1. The van der Waals surface area contributed by atoms with Crippen molar-refractivity contribution in [1.82, 2.24) is 9.97 Å². The summed E-state index contributed by atoms with van der Waals surface area (Å²) in [6.07, 6.45) is 7.00. The zero-order valence-electron chi connectivity index (χ0n) is 11.7. The molecule has 20 heavy (non-hydrogen) atoms. The summed E-state index contributed by atoms with van der Waals surface area (Å²) in [7, 11) is 0. The molecule has 0 saturated heterocycles. The van der Waals surface area contributed by atoms with Crippen LogP contribution in [-0.2, 0) is 13.0 Å². The van der Waals surface area contributed by atoms with Crippen molar-refractivity contribution in [3.63, 3.8) is 0 Å². The second-order valence-electron chi connectivity index (χ2n) is 5.18. The molecule has 2 aromatic heterocycles. The number of nitrogens with zero attached hydrogens (tertiary/aromatic N) is 3. The van der Waals surface area contributed by atoms with Crippen LogP contribution >= 0.6 is 11.3 Å². The molecular formula is C15H20N4S. The van der Waals surface area contributed by atoms with E-state index in [2.05, 4.69) is 28.9 Å². The maximum atomic E-state index is 6.20. The smallest absolute Gasteiger partial charge is 0.186 e. The van der Waals surface area contributed by atoms with Gasteiger partial charge in [0.1, 0.15) is 0 Å². The summed E-state index contributed by atoms with van der Waals surface area (Å²) in [6, 6.07) is 4.30. The third kappa shape index (κ3) is 2.69. The number of pyridine rings is 1. The number of hydrogen-bond acceptors (Lipinski definition) is 5. The van der Waals surface area contributed by atoms with Gasteiger partial charge in [0.25, 0.3) is 0 Å². The van der Waals surface area contributed by atoms with E-state index in [9.17, 15) is 0 Å². The standard InChI is InChI=1S/C15H20N4S/c1-2-19(10-11-6-8-17-9-7-11)15-18-13-5-3-4-12(16)14(13)20-15/h6-9,12H,2-5,10,16H2,1H3. The maximum absolute atomic E-state index is 6.20. The monoisotopic (exact) mass is 288 g/mol. The molecule has 0 fully saturated rings. The highest BCUT2D eigenvalue weighted by molar-refractivity contribution is 7.15. The van der Waals surface area contributed by atoms with E-state index in [1.807, 2.05) is 12.4 Å². The Balaban J connectivity index is 1.83. The SMILES string of the molecule is CCN(Cc1ccncc1)c1nc2c(s1)C(N)CCC2. The van der Waals surface area contributed by atoms with Crippen molar-refractivity contribution in [2.75, 3.05) is 11.4 Å². The Morgan fingerprint density at radius 3 is 2.90 bits per heavy atom. The van der Waals surface area contributed by atoms with Crippen molar-refractivity contribution >= 4 is 16.5 Å². The number of nitrogens with two attached hydrogens (primary N) is 1. The Morgan fingerprint density at radius 1 is 1.40 bits per heavy atom. The second-order valence-corrected chi connectivity index (χ2v) is 6.18. The summed E-state index contributed by atoms with van der Waals surface area (Å²) >= 11 is 1.77. The number of fused-ring (bicyclic) bond motifs is 1.